The average molecular weight is 487 g/mol. The molecule has 2 atom stereocenters. The fourth-order valence-corrected chi connectivity index (χ4v) is 4.06. The van der Waals surface area contributed by atoms with Crippen molar-refractivity contribution in [2.75, 3.05) is 5.32 Å². The predicted molar refractivity (Wildman–Crippen MR) is 125 cm³/mol. The number of nitrogens with zero attached hydrogens (tertiary/aromatic N) is 4. The third-order valence-electron chi connectivity index (χ3n) is 4.98. The molecule has 12 heteroatoms. The van der Waals surface area contributed by atoms with Crippen LogP contribution in [0.4, 0.5) is 15.8 Å². The Balaban J connectivity index is 1.66. The van der Waals surface area contributed by atoms with Crippen molar-refractivity contribution in [1.29, 1.82) is 0 Å². The van der Waals surface area contributed by atoms with Crippen LogP contribution in [0.3, 0.4) is 0 Å². The molecule has 178 valence electrons. The zero-order chi connectivity index (χ0) is 24.8. The van der Waals surface area contributed by atoms with Crippen molar-refractivity contribution in [2.24, 2.45) is 7.05 Å². The first kappa shape index (κ1) is 24.8. The summed E-state index contributed by atoms with van der Waals surface area (Å²) in [6.07, 6.45) is 0.491. The lowest BCUT2D eigenvalue weighted by molar-refractivity contribution is -0.384. The molecular formula is C22H23FN6O4S. The van der Waals surface area contributed by atoms with Crippen LogP contribution in [0.2, 0.25) is 0 Å². The van der Waals surface area contributed by atoms with Gasteiger partial charge in [0.2, 0.25) is 5.91 Å². The van der Waals surface area contributed by atoms with Crippen molar-refractivity contribution >= 4 is 35.0 Å². The molecule has 0 aliphatic carbocycles. The molecule has 3 aromatic rings. The summed E-state index contributed by atoms with van der Waals surface area (Å²) in [5.74, 6) is -1.03. The van der Waals surface area contributed by atoms with Gasteiger partial charge in [-0.1, -0.05) is 30.8 Å². The van der Waals surface area contributed by atoms with Crippen LogP contribution in [-0.4, -0.2) is 36.8 Å². The summed E-state index contributed by atoms with van der Waals surface area (Å²) in [5.41, 5.74) is 0.306. The number of carbonyl (C=O) groups is 2. The van der Waals surface area contributed by atoms with E-state index in [1.54, 1.807) is 24.6 Å². The molecule has 2 aromatic carbocycles. The molecule has 2 N–H and O–H groups in total. The molecule has 2 amide bonds. The summed E-state index contributed by atoms with van der Waals surface area (Å²) >= 11 is 1.20. The van der Waals surface area contributed by atoms with Gasteiger partial charge in [0.1, 0.15) is 5.82 Å². The molecule has 0 bridgehead atoms. The number of benzene rings is 2. The van der Waals surface area contributed by atoms with Gasteiger partial charge in [0.15, 0.2) is 11.0 Å². The number of halogens is 1. The number of nitro benzene ring substituents is 1. The van der Waals surface area contributed by atoms with Crippen LogP contribution in [0.1, 0.15) is 42.5 Å². The molecule has 0 aliphatic heterocycles. The van der Waals surface area contributed by atoms with E-state index in [0.29, 0.717) is 23.1 Å². The Morgan fingerprint density at radius 3 is 2.47 bits per heavy atom. The van der Waals surface area contributed by atoms with Crippen molar-refractivity contribution in [3.63, 3.8) is 0 Å². The highest BCUT2D eigenvalue weighted by Gasteiger charge is 2.24. The van der Waals surface area contributed by atoms with Gasteiger partial charge in [0, 0.05) is 24.9 Å². The normalized spacial score (nSPS) is 12.6. The van der Waals surface area contributed by atoms with Gasteiger partial charge in [0.05, 0.1) is 21.8 Å². The number of anilines is 1. The minimum Gasteiger partial charge on any atom is -0.342 e. The molecule has 10 nitrogen and oxygen atoms in total. The van der Waals surface area contributed by atoms with Crippen molar-refractivity contribution in [3.05, 3.63) is 75.9 Å². The summed E-state index contributed by atoms with van der Waals surface area (Å²) in [5, 5.41) is 24.5. The summed E-state index contributed by atoms with van der Waals surface area (Å²) in [6, 6.07) is 10.7. The molecule has 1 aromatic heterocycles. The maximum absolute atomic E-state index is 13.9. The van der Waals surface area contributed by atoms with Crippen LogP contribution in [0.15, 0.2) is 53.7 Å². The van der Waals surface area contributed by atoms with Gasteiger partial charge in [-0.15, -0.1) is 10.2 Å². The highest BCUT2D eigenvalue weighted by Crippen LogP contribution is 2.27. The Bertz CT molecular complexity index is 1200. The zero-order valence-electron chi connectivity index (χ0n) is 18.7. The fraction of sp³-hybridized carbons (Fsp3) is 0.273. The van der Waals surface area contributed by atoms with E-state index >= 15 is 0 Å². The molecule has 0 unspecified atom stereocenters. The van der Waals surface area contributed by atoms with Crippen LogP contribution in [0.5, 0.6) is 0 Å². The number of rotatable bonds is 9. The molecule has 1 heterocycles. The third-order valence-corrected chi connectivity index (χ3v) is 6.38. The van der Waals surface area contributed by atoms with E-state index < -0.39 is 27.9 Å². The van der Waals surface area contributed by atoms with E-state index in [1.807, 2.05) is 6.92 Å². The highest BCUT2D eigenvalue weighted by molar-refractivity contribution is 8.00. The van der Waals surface area contributed by atoms with Crippen LogP contribution in [-0.2, 0) is 11.8 Å². The van der Waals surface area contributed by atoms with E-state index in [2.05, 4.69) is 20.8 Å². The number of carbonyl (C=O) groups excluding carboxylic acids is 2. The number of hydrogen-bond acceptors (Lipinski definition) is 7. The van der Waals surface area contributed by atoms with E-state index in [4.69, 9.17) is 0 Å². The van der Waals surface area contributed by atoms with E-state index in [9.17, 15) is 24.1 Å². The first-order chi connectivity index (χ1) is 16.2. The second kappa shape index (κ2) is 10.9. The Morgan fingerprint density at radius 1 is 1.18 bits per heavy atom. The monoisotopic (exact) mass is 486 g/mol. The summed E-state index contributed by atoms with van der Waals surface area (Å²) in [4.78, 5) is 35.4. The SMILES string of the molecule is CC[C@@H](Sc1nnc([C@@H](C)NC(=O)c2ccccc2F)n1C)C(=O)Nc1ccc([N+](=O)[O-])cc1. The van der Waals surface area contributed by atoms with Crippen LogP contribution < -0.4 is 10.6 Å². The zero-order valence-corrected chi connectivity index (χ0v) is 19.5. The lowest BCUT2D eigenvalue weighted by Crippen LogP contribution is -2.29. The molecule has 0 radical (unpaired) electrons. The largest absolute Gasteiger partial charge is 0.342 e. The topological polar surface area (TPSA) is 132 Å². The minimum atomic E-state index is -0.619. The van der Waals surface area contributed by atoms with Gasteiger partial charge in [-0.3, -0.25) is 19.7 Å². The number of nitrogens with one attached hydrogen (secondary N) is 2. The predicted octanol–water partition coefficient (Wildman–Crippen LogP) is 3.86. The first-order valence-corrected chi connectivity index (χ1v) is 11.3. The van der Waals surface area contributed by atoms with E-state index in [-0.39, 0.29) is 17.2 Å². The first-order valence-electron chi connectivity index (χ1n) is 10.4. The summed E-state index contributed by atoms with van der Waals surface area (Å²) in [6.45, 7) is 3.55. The molecule has 3 rings (SSSR count). The smallest absolute Gasteiger partial charge is 0.269 e. The van der Waals surface area contributed by atoms with Crippen LogP contribution in [0, 0.1) is 15.9 Å². The molecule has 0 fully saturated rings. The number of hydrogen-bond donors (Lipinski definition) is 2. The Hall–Kier alpha value is -3.80. The maximum Gasteiger partial charge on any atom is 0.269 e. The van der Waals surface area contributed by atoms with Crippen LogP contribution >= 0.6 is 11.8 Å². The number of amides is 2. The van der Waals surface area contributed by atoms with Crippen molar-refractivity contribution in [3.8, 4) is 0 Å². The number of nitro groups is 1. The van der Waals surface area contributed by atoms with Gasteiger partial charge < -0.3 is 15.2 Å². The van der Waals surface area contributed by atoms with Crippen molar-refractivity contribution < 1.29 is 18.9 Å². The van der Waals surface area contributed by atoms with E-state index in [1.165, 1.54) is 54.2 Å². The van der Waals surface area contributed by atoms with E-state index in [0.717, 1.165) is 0 Å². The fourth-order valence-electron chi connectivity index (χ4n) is 3.13. The third kappa shape index (κ3) is 5.76. The van der Waals surface area contributed by atoms with Gasteiger partial charge >= 0.3 is 0 Å². The Kier molecular flexibility index (Phi) is 7.95. The van der Waals surface area contributed by atoms with Gasteiger partial charge in [-0.2, -0.15) is 0 Å². The number of aromatic nitrogens is 3. The lowest BCUT2D eigenvalue weighted by atomic mass is 10.2. The lowest BCUT2D eigenvalue weighted by Gasteiger charge is -2.16. The molecule has 34 heavy (non-hydrogen) atoms. The second-order valence-corrected chi connectivity index (χ2v) is 8.55. The molecule has 0 saturated carbocycles. The summed E-state index contributed by atoms with van der Waals surface area (Å²) < 4.78 is 15.5. The van der Waals surface area contributed by atoms with Gasteiger partial charge in [-0.05, 0) is 37.6 Å². The molecule has 0 aliphatic rings. The summed E-state index contributed by atoms with van der Waals surface area (Å²) in [7, 11) is 1.71. The Labute approximate surface area is 199 Å². The number of thioether (sulfide) groups is 1. The quantitative estimate of drug-likeness (QED) is 0.267. The highest BCUT2D eigenvalue weighted by atomic mass is 32.2. The standard InChI is InChI=1S/C22H23FN6O4S/c1-4-18(21(31)25-14-9-11-15(12-10-14)29(32)33)34-22-27-26-19(28(22)3)13(2)24-20(30)16-7-5-6-8-17(16)23/h5-13,18H,4H2,1-3H3,(H,24,30)(H,25,31)/t13-,18-/m1/s1. The van der Waals surface area contributed by atoms with Crippen LogP contribution in [0.25, 0.3) is 0 Å². The van der Waals surface area contributed by atoms with Gasteiger partial charge in [-0.25, -0.2) is 4.39 Å². The molecule has 0 spiro atoms. The average Bonchev–Trinajstić information content (AvgIpc) is 3.17. The van der Waals surface area contributed by atoms with Crippen molar-refractivity contribution in [2.45, 2.75) is 36.7 Å². The van der Waals surface area contributed by atoms with Crippen molar-refractivity contribution in [1.82, 2.24) is 20.1 Å². The molecular weight excluding hydrogens is 463 g/mol. The minimum absolute atomic E-state index is 0.0674. The molecule has 0 saturated heterocycles. The second-order valence-electron chi connectivity index (χ2n) is 7.38. The Morgan fingerprint density at radius 2 is 1.85 bits per heavy atom. The maximum atomic E-state index is 13.9. The number of non-ortho nitro benzene ring substituents is 1. The van der Waals surface area contributed by atoms with Gasteiger partial charge in [0.25, 0.3) is 11.6 Å².